The summed E-state index contributed by atoms with van der Waals surface area (Å²) < 4.78 is 0. The van der Waals surface area contributed by atoms with Gasteiger partial charge in [0.1, 0.15) is 5.82 Å². The van der Waals surface area contributed by atoms with Gasteiger partial charge in [-0.1, -0.05) is 19.3 Å². The van der Waals surface area contributed by atoms with Crippen molar-refractivity contribution in [2.24, 2.45) is 0 Å². The fourth-order valence-electron chi connectivity index (χ4n) is 2.86. The molecule has 1 aromatic rings. The molecule has 0 unspecified atom stereocenters. The average molecular weight is 291 g/mol. The second-order valence-electron chi connectivity index (χ2n) is 5.82. The minimum absolute atomic E-state index is 0.0164. The van der Waals surface area contributed by atoms with E-state index in [0.29, 0.717) is 11.9 Å². The van der Waals surface area contributed by atoms with Crippen LogP contribution in [0.15, 0.2) is 12.3 Å². The predicted molar refractivity (Wildman–Crippen MR) is 83.0 cm³/mol. The molecule has 1 heterocycles. The van der Waals surface area contributed by atoms with Crippen molar-refractivity contribution < 1.29 is 9.90 Å². The number of aromatic nitrogens is 1. The van der Waals surface area contributed by atoms with Gasteiger partial charge in [0, 0.05) is 19.3 Å². The molecule has 0 spiro atoms. The summed E-state index contributed by atoms with van der Waals surface area (Å²) in [6, 6.07) is 2.27. The van der Waals surface area contributed by atoms with Crippen molar-refractivity contribution in [3.63, 3.8) is 0 Å². The molecule has 1 aliphatic carbocycles. The van der Waals surface area contributed by atoms with Crippen molar-refractivity contribution in [1.82, 2.24) is 9.88 Å². The molecule has 1 aromatic heterocycles. The second kappa shape index (κ2) is 7.41. The number of aryl methyl sites for hydroxylation is 1. The number of carbonyl (C=O) groups excluding carboxylic acids is 1. The van der Waals surface area contributed by atoms with Crippen LogP contribution in [0.2, 0.25) is 0 Å². The Kier molecular flexibility index (Phi) is 5.56. The zero-order chi connectivity index (χ0) is 15.2. The van der Waals surface area contributed by atoms with Crippen LogP contribution in [-0.4, -0.2) is 40.5 Å². The molecule has 2 N–H and O–H groups in total. The van der Waals surface area contributed by atoms with Crippen LogP contribution < -0.4 is 5.32 Å². The van der Waals surface area contributed by atoms with E-state index in [-0.39, 0.29) is 19.1 Å². The maximum Gasteiger partial charge on any atom is 0.241 e. The minimum Gasteiger partial charge on any atom is -0.392 e. The van der Waals surface area contributed by atoms with Gasteiger partial charge in [0.05, 0.1) is 13.2 Å². The third kappa shape index (κ3) is 4.17. The number of aliphatic hydroxyl groups is 1. The van der Waals surface area contributed by atoms with Gasteiger partial charge in [0.25, 0.3) is 0 Å². The maximum atomic E-state index is 12.2. The van der Waals surface area contributed by atoms with Gasteiger partial charge in [-0.3, -0.25) is 4.79 Å². The number of pyridine rings is 1. The summed E-state index contributed by atoms with van der Waals surface area (Å²) in [5.74, 6) is 0.812. The van der Waals surface area contributed by atoms with Gasteiger partial charge < -0.3 is 15.3 Å². The van der Waals surface area contributed by atoms with Gasteiger partial charge in [-0.25, -0.2) is 4.98 Å². The third-order valence-corrected chi connectivity index (χ3v) is 4.24. The fourth-order valence-corrected chi connectivity index (χ4v) is 2.86. The Bertz CT molecular complexity index is 484. The summed E-state index contributed by atoms with van der Waals surface area (Å²) in [6.45, 7) is 2.17. The molecule has 1 saturated carbocycles. The maximum absolute atomic E-state index is 12.2. The van der Waals surface area contributed by atoms with E-state index in [1.165, 1.54) is 19.3 Å². The standard InChI is InChI=1S/C16H25N3O2/c1-12-8-13(11-20)9-17-16(12)18-10-15(21)19(2)14-6-4-3-5-7-14/h8-9,14,20H,3-7,10-11H2,1-2H3,(H,17,18). The number of likely N-dealkylation sites (N-methyl/N-ethyl adjacent to an activating group) is 1. The van der Waals surface area contributed by atoms with Crippen molar-refractivity contribution >= 4 is 11.7 Å². The number of rotatable bonds is 5. The normalized spacial score (nSPS) is 15.8. The fraction of sp³-hybridized carbons (Fsp3) is 0.625. The van der Waals surface area contributed by atoms with Gasteiger partial charge >= 0.3 is 0 Å². The first-order chi connectivity index (χ1) is 10.1. The summed E-state index contributed by atoms with van der Waals surface area (Å²) >= 11 is 0. The zero-order valence-electron chi connectivity index (χ0n) is 12.9. The van der Waals surface area contributed by atoms with E-state index in [9.17, 15) is 4.79 Å². The first-order valence-corrected chi connectivity index (χ1v) is 7.67. The number of anilines is 1. The minimum atomic E-state index is -0.0164. The highest BCUT2D eigenvalue weighted by Gasteiger charge is 2.21. The first-order valence-electron chi connectivity index (χ1n) is 7.67. The van der Waals surface area contributed by atoms with E-state index in [2.05, 4.69) is 10.3 Å². The molecule has 5 heteroatoms. The van der Waals surface area contributed by atoms with E-state index in [4.69, 9.17) is 5.11 Å². The molecule has 1 fully saturated rings. The van der Waals surface area contributed by atoms with E-state index >= 15 is 0 Å². The number of aliphatic hydroxyl groups excluding tert-OH is 1. The summed E-state index contributed by atoms with van der Waals surface area (Å²) in [6.07, 6.45) is 7.59. The summed E-state index contributed by atoms with van der Waals surface area (Å²) in [4.78, 5) is 18.4. The molecular formula is C16H25N3O2. The number of nitrogens with one attached hydrogen (secondary N) is 1. The molecule has 0 radical (unpaired) electrons. The SMILES string of the molecule is Cc1cc(CO)cnc1NCC(=O)N(C)C1CCCCC1. The van der Waals surface area contributed by atoms with Crippen LogP contribution in [0, 0.1) is 6.92 Å². The largest absolute Gasteiger partial charge is 0.392 e. The first kappa shape index (κ1) is 15.8. The lowest BCUT2D eigenvalue weighted by Crippen LogP contribution is -2.41. The van der Waals surface area contributed by atoms with E-state index in [0.717, 1.165) is 24.0 Å². The summed E-state index contributed by atoms with van der Waals surface area (Å²) in [7, 11) is 1.90. The Morgan fingerprint density at radius 2 is 2.14 bits per heavy atom. The highest BCUT2D eigenvalue weighted by atomic mass is 16.3. The van der Waals surface area contributed by atoms with Crippen molar-refractivity contribution in [3.05, 3.63) is 23.4 Å². The average Bonchev–Trinajstić information content (AvgIpc) is 2.53. The highest BCUT2D eigenvalue weighted by molar-refractivity contribution is 5.80. The Hall–Kier alpha value is -1.62. The highest BCUT2D eigenvalue weighted by Crippen LogP contribution is 2.21. The van der Waals surface area contributed by atoms with Crippen molar-refractivity contribution in [2.75, 3.05) is 18.9 Å². The number of hydrogen-bond donors (Lipinski definition) is 2. The van der Waals surface area contributed by atoms with E-state index in [1.54, 1.807) is 6.20 Å². The molecule has 0 aliphatic heterocycles. The van der Waals surface area contributed by atoms with E-state index in [1.807, 2.05) is 24.9 Å². The summed E-state index contributed by atoms with van der Waals surface area (Å²) in [5.41, 5.74) is 1.72. The van der Waals surface area contributed by atoms with Crippen LogP contribution in [0.25, 0.3) is 0 Å². The number of hydrogen-bond acceptors (Lipinski definition) is 4. The Labute approximate surface area is 126 Å². The monoisotopic (exact) mass is 291 g/mol. The predicted octanol–water partition coefficient (Wildman–Crippen LogP) is 2.09. The smallest absolute Gasteiger partial charge is 0.241 e. The van der Waals surface area contributed by atoms with Gasteiger partial charge in [-0.2, -0.15) is 0 Å². The van der Waals surface area contributed by atoms with Crippen molar-refractivity contribution in [3.8, 4) is 0 Å². The molecule has 0 bridgehead atoms. The molecule has 21 heavy (non-hydrogen) atoms. The Morgan fingerprint density at radius 1 is 1.43 bits per heavy atom. The quantitative estimate of drug-likeness (QED) is 0.872. The van der Waals surface area contributed by atoms with Crippen molar-refractivity contribution in [1.29, 1.82) is 0 Å². The molecule has 2 rings (SSSR count). The van der Waals surface area contributed by atoms with Crippen LogP contribution in [0.5, 0.6) is 0 Å². The molecule has 5 nitrogen and oxygen atoms in total. The van der Waals surface area contributed by atoms with Gasteiger partial charge in [-0.15, -0.1) is 0 Å². The number of nitrogens with zero attached hydrogens (tertiary/aromatic N) is 2. The third-order valence-electron chi connectivity index (χ3n) is 4.24. The lowest BCUT2D eigenvalue weighted by molar-refractivity contribution is -0.130. The van der Waals surface area contributed by atoms with Crippen LogP contribution in [0.3, 0.4) is 0 Å². The zero-order valence-corrected chi connectivity index (χ0v) is 12.9. The molecular weight excluding hydrogens is 266 g/mol. The van der Waals surface area contributed by atoms with Gasteiger partial charge in [0.15, 0.2) is 0 Å². The van der Waals surface area contributed by atoms with E-state index < -0.39 is 0 Å². The lowest BCUT2D eigenvalue weighted by Gasteiger charge is -2.31. The Morgan fingerprint density at radius 3 is 2.76 bits per heavy atom. The second-order valence-corrected chi connectivity index (χ2v) is 5.82. The van der Waals surface area contributed by atoms with Gasteiger partial charge in [0.2, 0.25) is 5.91 Å². The molecule has 0 aromatic carbocycles. The van der Waals surface area contributed by atoms with Crippen LogP contribution in [-0.2, 0) is 11.4 Å². The summed E-state index contributed by atoms with van der Waals surface area (Å²) in [5, 5.41) is 12.2. The molecule has 0 saturated heterocycles. The van der Waals surface area contributed by atoms with Crippen LogP contribution >= 0.6 is 0 Å². The molecule has 116 valence electrons. The number of amides is 1. The lowest BCUT2D eigenvalue weighted by atomic mass is 9.94. The molecule has 0 atom stereocenters. The number of carbonyl (C=O) groups is 1. The van der Waals surface area contributed by atoms with Crippen molar-refractivity contribution in [2.45, 2.75) is 51.7 Å². The van der Waals surface area contributed by atoms with Crippen LogP contribution in [0.1, 0.15) is 43.2 Å². The molecule has 1 aliphatic rings. The van der Waals surface area contributed by atoms with Crippen LogP contribution in [0.4, 0.5) is 5.82 Å². The topological polar surface area (TPSA) is 65.5 Å². The Balaban J connectivity index is 1.88. The molecule has 1 amide bonds. The van der Waals surface area contributed by atoms with Gasteiger partial charge in [-0.05, 0) is 37.0 Å².